The van der Waals surface area contributed by atoms with Gasteiger partial charge >= 0.3 is 0 Å². The Morgan fingerprint density at radius 1 is 1.23 bits per heavy atom. The Labute approximate surface area is 241 Å². The summed E-state index contributed by atoms with van der Waals surface area (Å²) < 4.78 is 11.5. The van der Waals surface area contributed by atoms with E-state index in [0.29, 0.717) is 12.8 Å². The molecule has 2 amide bonds. The smallest absolute Gasteiger partial charge is 0.247 e. The highest BCUT2D eigenvalue weighted by Crippen LogP contribution is 2.24. The molecule has 222 valence electrons. The Morgan fingerprint density at radius 3 is 2.50 bits per heavy atom. The summed E-state index contributed by atoms with van der Waals surface area (Å²) in [6, 6.07) is -0.724. The van der Waals surface area contributed by atoms with Gasteiger partial charge in [-0.15, -0.1) is 11.8 Å². The molecule has 0 unspecified atom stereocenters. The zero-order chi connectivity index (χ0) is 30.3. The van der Waals surface area contributed by atoms with Gasteiger partial charge in [0.15, 0.2) is 6.29 Å². The molecule has 1 aliphatic rings. The molecule has 1 rings (SSSR count). The van der Waals surface area contributed by atoms with Crippen LogP contribution in [0.4, 0.5) is 0 Å². The average molecular weight is 555 g/mol. The topological polar surface area (TPSA) is 96.9 Å². The predicted octanol–water partition coefficient (Wildman–Crippen LogP) is 5.49. The summed E-state index contributed by atoms with van der Waals surface area (Å²) >= 11 is 0. The third kappa shape index (κ3) is 13.9. The van der Waals surface area contributed by atoms with E-state index in [-0.39, 0.29) is 36.0 Å². The number of hydrogen-bond acceptors (Lipinski definition) is 5. The molecule has 5 atom stereocenters. The molecule has 0 aromatic heterocycles. The zero-order valence-electron chi connectivity index (χ0n) is 25.8. The molecular weight excluding hydrogens is 504 g/mol. The van der Waals surface area contributed by atoms with Crippen molar-refractivity contribution in [1.82, 2.24) is 10.6 Å². The zero-order valence-corrected chi connectivity index (χ0v) is 25.8. The second kappa shape index (κ2) is 17.7. The number of allylic oxidation sites excluding steroid dienone is 4. The number of amides is 2. The number of rotatable bonds is 13. The van der Waals surface area contributed by atoms with E-state index in [9.17, 15) is 14.7 Å². The van der Waals surface area contributed by atoms with Gasteiger partial charge in [-0.25, -0.2) is 0 Å². The van der Waals surface area contributed by atoms with E-state index in [1.165, 1.54) is 6.08 Å². The van der Waals surface area contributed by atoms with Crippen LogP contribution in [0, 0.1) is 23.2 Å². The van der Waals surface area contributed by atoms with Crippen LogP contribution in [0.2, 0.25) is 0 Å². The maximum Gasteiger partial charge on any atom is 0.247 e. The quantitative estimate of drug-likeness (QED) is 0.121. The molecule has 0 bridgehead atoms. The summed E-state index contributed by atoms with van der Waals surface area (Å²) in [4.78, 5) is 25.5. The Hall–Kier alpha value is -2.92. The highest BCUT2D eigenvalue weighted by atomic mass is 16.6. The molecule has 0 aromatic rings. The molecule has 0 fully saturated rings. The van der Waals surface area contributed by atoms with Crippen molar-refractivity contribution in [2.45, 2.75) is 112 Å². The highest BCUT2D eigenvalue weighted by molar-refractivity contribution is 5.93. The van der Waals surface area contributed by atoms with Crippen LogP contribution in [0.3, 0.4) is 0 Å². The van der Waals surface area contributed by atoms with Crippen LogP contribution in [0.25, 0.3) is 0 Å². The number of carbonyl (C=O) groups is 2. The van der Waals surface area contributed by atoms with Crippen LogP contribution in [-0.4, -0.2) is 47.6 Å². The molecular formula is C33H50N2O5. The molecule has 0 saturated carbocycles. The van der Waals surface area contributed by atoms with Gasteiger partial charge in [0.1, 0.15) is 6.04 Å². The molecule has 0 saturated heterocycles. The Bertz CT molecular complexity index is 1030. The molecule has 0 radical (unpaired) electrons. The predicted molar refractivity (Wildman–Crippen MR) is 162 cm³/mol. The maximum atomic E-state index is 12.9. The largest absolute Gasteiger partial charge is 0.374 e. The number of hydrogen-bond donors (Lipinski definition) is 3. The van der Waals surface area contributed by atoms with E-state index in [1.807, 2.05) is 66.7 Å². The van der Waals surface area contributed by atoms with Crippen molar-refractivity contribution in [3.8, 4) is 11.8 Å². The number of carbonyl (C=O) groups excluding carboxylic acids is 2. The van der Waals surface area contributed by atoms with Crippen molar-refractivity contribution < 1.29 is 24.2 Å². The third-order valence-electron chi connectivity index (χ3n) is 6.32. The van der Waals surface area contributed by atoms with Crippen LogP contribution in [0.15, 0.2) is 59.9 Å². The van der Waals surface area contributed by atoms with Crippen molar-refractivity contribution in [2.24, 2.45) is 11.3 Å². The van der Waals surface area contributed by atoms with Gasteiger partial charge in [0.2, 0.25) is 11.8 Å². The summed E-state index contributed by atoms with van der Waals surface area (Å²) in [6.45, 7) is 17.4. The van der Waals surface area contributed by atoms with Crippen molar-refractivity contribution >= 4 is 11.8 Å². The van der Waals surface area contributed by atoms with E-state index in [0.717, 1.165) is 17.6 Å². The first kappa shape index (κ1) is 35.1. The minimum atomic E-state index is -0.843. The first-order valence-electron chi connectivity index (χ1n) is 14.1. The lowest BCUT2D eigenvalue weighted by atomic mass is 9.86. The summed E-state index contributed by atoms with van der Waals surface area (Å²) in [5.74, 6) is 5.41. The molecule has 3 N–H and O–H groups in total. The first-order valence-corrected chi connectivity index (χ1v) is 14.1. The van der Waals surface area contributed by atoms with E-state index in [2.05, 4.69) is 35.5 Å². The van der Waals surface area contributed by atoms with Crippen molar-refractivity contribution in [2.75, 3.05) is 0 Å². The number of ether oxygens (including phenoxy) is 2. The van der Waals surface area contributed by atoms with Gasteiger partial charge in [-0.2, -0.15) is 0 Å². The van der Waals surface area contributed by atoms with Crippen molar-refractivity contribution in [1.29, 1.82) is 0 Å². The summed E-state index contributed by atoms with van der Waals surface area (Å²) in [5.41, 5.74) is 1.37. The van der Waals surface area contributed by atoms with Gasteiger partial charge in [-0.3, -0.25) is 9.59 Å². The molecule has 0 aliphatic carbocycles. The van der Waals surface area contributed by atoms with Gasteiger partial charge in [-0.1, -0.05) is 69.7 Å². The van der Waals surface area contributed by atoms with Crippen LogP contribution >= 0.6 is 0 Å². The summed E-state index contributed by atoms with van der Waals surface area (Å²) in [5, 5.41) is 15.5. The van der Waals surface area contributed by atoms with Gasteiger partial charge in [0.05, 0.1) is 18.3 Å². The Kier molecular flexibility index (Phi) is 15.5. The standard InChI is InChI=1S/C33H50N2O5/c1-10-11-16-27(39-23(2)3)17-14-21-34-31(37)30(33(7,8)9)35-29(36)18-13-12-15-24(4)22-26(6)28-20-19-25(5)32(38)40-28/h12-15,18-19,21-23,26-28,30,32,38H,16-17,20H2,1-9H3,(H,34,37)(H,35,36)/b15-12-,18-13-,21-14-,24-22+/t26-,27-,28-,30+,32+/m0/s1. The molecule has 7 heteroatoms. The summed E-state index contributed by atoms with van der Waals surface area (Å²) in [6.07, 6.45) is 15.4. The minimum Gasteiger partial charge on any atom is -0.374 e. The van der Waals surface area contributed by atoms with Crippen LogP contribution < -0.4 is 10.6 Å². The lowest BCUT2D eigenvalue weighted by molar-refractivity contribution is -0.129. The lowest BCUT2D eigenvalue weighted by Gasteiger charge is -2.29. The number of nitrogens with one attached hydrogen (secondary N) is 2. The van der Waals surface area contributed by atoms with E-state index in [1.54, 1.807) is 25.3 Å². The Morgan fingerprint density at radius 2 is 1.90 bits per heavy atom. The van der Waals surface area contributed by atoms with Crippen molar-refractivity contribution in [3.63, 3.8) is 0 Å². The van der Waals surface area contributed by atoms with Gasteiger partial charge in [0.25, 0.3) is 0 Å². The molecule has 0 aromatic carbocycles. The maximum absolute atomic E-state index is 12.9. The van der Waals surface area contributed by atoms with Gasteiger partial charge < -0.3 is 25.2 Å². The second-order valence-electron chi connectivity index (χ2n) is 11.6. The fourth-order valence-electron chi connectivity index (χ4n) is 4.10. The van der Waals surface area contributed by atoms with Gasteiger partial charge in [0, 0.05) is 18.4 Å². The average Bonchev–Trinajstić information content (AvgIpc) is 2.86. The van der Waals surface area contributed by atoms with Crippen LogP contribution in [0.1, 0.15) is 81.6 Å². The lowest BCUT2D eigenvalue weighted by Crippen LogP contribution is -2.52. The third-order valence-corrected chi connectivity index (χ3v) is 6.32. The highest BCUT2D eigenvalue weighted by Gasteiger charge is 2.32. The SMILES string of the molecule is CC#CC[C@@H](C/C=C\NC(=O)[C@@H](NC(=O)\C=C/C=C\C(C)=C\[C@H](C)[C@@H]1CC=C(C)[C@H](O)O1)C(C)(C)C)OC(C)C. The summed E-state index contributed by atoms with van der Waals surface area (Å²) in [7, 11) is 0. The fraction of sp³-hybridized carbons (Fsp3) is 0.576. The molecule has 0 spiro atoms. The Balaban J connectivity index is 2.67. The minimum absolute atomic E-state index is 0.0477. The molecule has 7 nitrogen and oxygen atoms in total. The van der Waals surface area contributed by atoms with Crippen molar-refractivity contribution in [3.05, 3.63) is 59.9 Å². The number of aliphatic hydroxyl groups excluding tert-OH is 1. The van der Waals surface area contributed by atoms with Gasteiger partial charge in [-0.05, 0) is 64.6 Å². The van der Waals surface area contributed by atoms with E-state index in [4.69, 9.17) is 9.47 Å². The van der Waals surface area contributed by atoms with E-state index < -0.39 is 17.7 Å². The second-order valence-corrected chi connectivity index (χ2v) is 11.6. The molecule has 1 aliphatic heterocycles. The van der Waals surface area contributed by atoms with Crippen LogP contribution in [0.5, 0.6) is 0 Å². The first-order chi connectivity index (χ1) is 18.7. The molecule has 40 heavy (non-hydrogen) atoms. The monoisotopic (exact) mass is 554 g/mol. The fourth-order valence-corrected chi connectivity index (χ4v) is 4.10. The molecule has 1 heterocycles. The van der Waals surface area contributed by atoms with Crippen LogP contribution in [-0.2, 0) is 19.1 Å². The van der Waals surface area contributed by atoms with E-state index >= 15 is 0 Å². The normalized spacial score (nSPS) is 20.8. The number of aliphatic hydroxyl groups is 1.